The van der Waals surface area contributed by atoms with Crippen molar-refractivity contribution < 1.29 is 9.05 Å². The summed E-state index contributed by atoms with van der Waals surface area (Å²) in [5.74, 6) is 0. The van der Waals surface area contributed by atoms with Crippen LogP contribution in [0.3, 0.4) is 0 Å². The highest BCUT2D eigenvalue weighted by molar-refractivity contribution is 7.55. The summed E-state index contributed by atoms with van der Waals surface area (Å²) in [5.41, 5.74) is 2.75. The monoisotopic (exact) mass is 399 g/mol. The van der Waals surface area contributed by atoms with Crippen molar-refractivity contribution in [3.05, 3.63) is 35.4 Å². The highest BCUT2D eigenvalue weighted by Gasteiger charge is 2.30. The first kappa shape index (κ1) is 24.0. The summed E-state index contributed by atoms with van der Waals surface area (Å²) >= 11 is 0. The van der Waals surface area contributed by atoms with E-state index in [9.17, 15) is 0 Å². The van der Waals surface area contributed by atoms with Crippen molar-refractivity contribution in [3.8, 4) is 0 Å². The minimum Gasteiger partial charge on any atom is -0.360 e. The lowest BCUT2D eigenvalue weighted by molar-refractivity contribution is 0.213. The first-order chi connectivity index (χ1) is 12.3. The van der Waals surface area contributed by atoms with E-state index in [0.29, 0.717) is 0 Å². The van der Waals surface area contributed by atoms with Crippen molar-refractivity contribution >= 4 is 16.4 Å². The van der Waals surface area contributed by atoms with Crippen LogP contribution in [0.1, 0.15) is 58.6 Å². The summed E-state index contributed by atoms with van der Waals surface area (Å²) in [4.78, 5) is 0. The van der Waals surface area contributed by atoms with Gasteiger partial charge in [-0.25, -0.2) is 0 Å². The maximum Gasteiger partial charge on any atom is 0.105 e. The minimum atomic E-state index is -0.627. The molecule has 0 bridgehead atoms. The Labute approximate surface area is 164 Å². The van der Waals surface area contributed by atoms with E-state index in [2.05, 4.69) is 77.1 Å². The number of hydrogen-bond donors (Lipinski definition) is 0. The molecular weight excluding hydrogens is 360 g/mol. The van der Waals surface area contributed by atoms with E-state index in [0.717, 1.165) is 44.9 Å². The molecule has 0 saturated carbocycles. The molecule has 1 aromatic carbocycles. The van der Waals surface area contributed by atoms with Gasteiger partial charge in [0.15, 0.2) is 0 Å². The summed E-state index contributed by atoms with van der Waals surface area (Å²) in [6, 6.07) is 8.90. The minimum absolute atomic E-state index is 0.0745. The lowest BCUT2D eigenvalue weighted by atomic mass is 10.1. The van der Waals surface area contributed by atoms with Crippen LogP contribution in [0.25, 0.3) is 0 Å². The fourth-order valence-electron chi connectivity index (χ4n) is 2.51. The van der Waals surface area contributed by atoms with Gasteiger partial charge in [0.1, 0.15) is 8.30 Å². The Balaban J connectivity index is 2.85. The Bertz CT molecular complexity index is 488. The normalized spacial score (nSPS) is 14.6. The lowest BCUT2D eigenvalue weighted by Gasteiger charge is -2.41. The molecule has 5 heteroatoms. The smallest absolute Gasteiger partial charge is 0.105 e. The van der Waals surface area contributed by atoms with E-state index in [1.807, 2.05) is 0 Å². The van der Waals surface area contributed by atoms with Gasteiger partial charge in [0.05, 0.1) is 13.2 Å². The van der Waals surface area contributed by atoms with Crippen LogP contribution in [-0.2, 0) is 15.6 Å². The van der Waals surface area contributed by atoms with Crippen LogP contribution in [0.15, 0.2) is 24.3 Å². The van der Waals surface area contributed by atoms with Crippen LogP contribution in [-0.4, -0.2) is 42.4 Å². The highest BCUT2D eigenvalue weighted by atomic mass is 31.2. The summed E-state index contributed by atoms with van der Waals surface area (Å²) in [6.07, 6.45) is 4.36. The van der Waals surface area contributed by atoms with Gasteiger partial charge in [-0.1, -0.05) is 43.7 Å². The van der Waals surface area contributed by atoms with Crippen LogP contribution in [0.2, 0.25) is 0 Å². The second-order valence-electron chi connectivity index (χ2n) is 7.81. The van der Waals surface area contributed by atoms with Crippen LogP contribution in [0.5, 0.6) is 0 Å². The van der Waals surface area contributed by atoms with Crippen LogP contribution < -0.4 is 0 Å². The van der Waals surface area contributed by atoms with E-state index in [1.165, 1.54) is 11.1 Å². The van der Waals surface area contributed by atoms with Crippen molar-refractivity contribution in [1.29, 1.82) is 0 Å². The Kier molecular flexibility index (Phi) is 11.5. The van der Waals surface area contributed by atoms with Gasteiger partial charge < -0.3 is 9.05 Å². The molecule has 0 aromatic heterocycles. The van der Waals surface area contributed by atoms with Crippen LogP contribution in [0.4, 0.5) is 0 Å². The van der Waals surface area contributed by atoms with E-state index in [1.54, 1.807) is 0 Å². The largest absolute Gasteiger partial charge is 0.360 e. The predicted octanol–water partition coefficient (Wildman–Crippen LogP) is 6.79. The Hall–Kier alpha value is -0.0400. The average Bonchev–Trinajstić information content (AvgIpc) is 2.59. The summed E-state index contributed by atoms with van der Waals surface area (Å²) in [7, 11) is -0.976. The molecule has 0 fully saturated rings. The fourth-order valence-corrected chi connectivity index (χ4v) is 6.83. The molecule has 1 aromatic rings. The van der Waals surface area contributed by atoms with Gasteiger partial charge in [0.25, 0.3) is 0 Å². The number of nitrogens with zero attached hydrogens (tertiary/aromatic N) is 1. The first-order valence-corrected chi connectivity index (χ1v) is 13.1. The Morgan fingerprint density at radius 2 is 1.50 bits per heavy atom. The van der Waals surface area contributed by atoms with Gasteiger partial charge >= 0.3 is 0 Å². The van der Waals surface area contributed by atoms with Gasteiger partial charge in [0.2, 0.25) is 0 Å². The zero-order chi connectivity index (χ0) is 19.6. The van der Waals surface area contributed by atoms with Gasteiger partial charge in [-0.15, -0.1) is 0 Å². The maximum atomic E-state index is 6.38. The fraction of sp³-hybridized carbons (Fsp3) is 0.714. The average molecular weight is 399 g/mol. The molecule has 0 aliphatic heterocycles. The van der Waals surface area contributed by atoms with Gasteiger partial charge in [-0.05, 0) is 58.9 Å². The van der Waals surface area contributed by atoms with E-state index in [4.69, 9.17) is 9.05 Å². The predicted molar refractivity (Wildman–Crippen MR) is 118 cm³/mol. The molecule has 0 aliphatic rings. The van der Waals surface area contributed by atoms with Crippen molar-refractivity contribution in [3.63, 3.8) is 0 Å². The molecule has 2 atom stereocenters. The molecule has 26 heavy (non-hydrogen) atoms. The zero-order valence-corrected chi connectivity index (χ0v) is 19.7. The summed E-state index contributed by atoms with van der Waals surface area (Å²) in [6.45, 7) is 18.3. The second-order valence-corrected chi connectivity index (χ2v) is 11.7. The number of benzene rings is 1. The highest BCUT2D eigenvalue weighted by Crippen LogP contribution is 2.49. The van der Waals surface area contributed by atoms with Crippen LogP contribution in [0, 0.1) is 6.92 Å². The van der Waals surface area contributed by atoms with Crippen molar-refractivity contribution in [2.24, 2.45) is 0 Å². The van der Waals surface area contributed by atoms with Gasteiger partial charge in [-0.3, -0.25) is 4.67 Å². The molecule has 0 radical (unpaired) electrons. The SMILES string of the molecule is CCCOP(C)CCP(OCCC)N(Cc1ccc(C)cc1)C(C)(C)C. The molecule has 0 amide bonds. The number of aryl methyl sites for hydroxylation is 1. The van der Waals surface area contributed by atoms with Crippen LogP contribution >= 0.6 is 16.4 Å². The molecule has 1 rings (SSSR count). The maximum absolute atomic E-state index is 6.38. The molecule has 0 spiro atoms. The topological polar surface area (TPSA) is 21.7 Å². The molecule has 3 nitrogen and oxygen atoms in total. The Morgan fingerprint density at radius 1 is 0.923 bits per heavy atom. The molecule has 0 N–H and O–H groups in total. The first-order valence-electron chi connectivity index (χ1n) is 9.85. The van der Waals surface area contributed by atoms with Crippen molar-refractivity contribution in [1.82, 2.24) is 4.67 Å². The third-order valence-corrected chi connectivity index (χ3v) is 8.26. The third-order valence-electron chi connectivity index (χ3n) is 4.06. The standard InChI is InChI=1S/C21H39NO2P2/c1-8-14-23-25(7)16-17-26(24-15-9-2)22(21(4,5)6)18-20-12-10-19(3)11-13-20/h10-13H,8-9,14-18H2,1-7H3. The second kappa shape index (κ2) is 12.4. The Morgan fingerprint density at radius 3 is 2.04 bits per heavy atom. The molecular formula is C21H39NO2P2. The van der Waals surface area contributed by atoms with E-state index >= 15 is 0 Å². The van der Waals surface area contributed by atoms with E-state index in [-0.39, 0.29) is 13.7 Å². The summed E-state index contributed by atoms with van der Waals surface area (Å²) in [5, 5.41) is 0. The lowest BCUT2D eigenvalue weighted by Crippen LogP contribution is -2.38. The zero-order valence-electron chi connectivity index (χ0n) is 17.9. The quantitative estimate of drug-likeness (QED) is 0.361. The molecule has 0 heterocycles. The number of hydrogen-bond acceptors (Lipinski definition) is 3. The molecule has 0 aliphatic carbocycles. The number of rotatable bonds is 12. The molecule has 2 unspecified atom stereocenters. The van der Waals surface area contributed by atoms with E-state index < -0.39 is 8.30 Å². The molecule has 0 saturated heterocycles. The van der Waals surface area contributed by atoms with Gasteiger partial charge in [-0.2, -0.15) is 0 Å². The van der Waals surface area contributed by atoms with Gasteiger partial charge in [0, 0.05) is 26.4 Å². The third kappa shape index (κ3) is 9.25. The van der Waals surface area contributed by atoms with Crippen molar-refractivity contribution in [2.45, 2.75) is 66.5 Å². The van der Waals surface area contributed by atoms with Crippen molar-refractivity contribution in [2.75, 3.05) is 32.2 Å². The molecule has 150 valence electrons. The summed E-state index contributed by atoms with van der Waals surface area (Å²) < 4.78 is 14.9.